The van der Waals surface area contributed by atoms with E-state index in [0.29, 0.717) is 18.5 Å². The van der Waals surface area contributed by atoms with E-state index in [4.69, 9.17) is 0 Å². The first-order valence-corrected chi connectivity index (χ1v) is 7.11. The van der Waals surface area contributed by atoms with Gasteiger partial charge in [0.25, 0.3) is 0 Å². The molecular weight excluding hydrogens is 242 g/mol. The summed E-state index contributed by atoms with van der Waals surface area (Å²) in [4.78, 5) is 14.2. The lowest BCUT2D eigenvalue weighted by Crippen LogP contribution is -2.47. The van der Waals surface area contributed by atoms with Crippen molar-refractivity contribution in [3.05, 3.63) is 11.9 Å². The zero-order chi connectivity index (χ0) is 13.2. The molecule has 6 nitrogen and oxygen atoms in total. The molecule has 3 rings (SSSR count). The van der Waals surface area contributed by atoms with Gasteiger partial charge in [0.05, 0.1) is 5.69 Å². The predicted molar refractivity (Wildman–Crippen MR) is 70.7 cm³/mol. The molecule has 0 spiro atoms. The Morgan fingerprint density at radius 3 is 3.05 bits per heavy atom. The number of likely N-dealkylation sites (N-methyl/N-ethyl adjacent to an activating group) is 1. The second-order valence-electron chi connectivity index (χ2n) is 5.58. The van der Waals surface area contributed by atoms with Gasteiger partial charge in [0.15, 0.2) is 0 Å². The van der Waals surface area contributed by atoms with Gasteiger partial charge in [-0.25, -0.2) is 4.68 Å². The van der Waals surface area contributed by atoms with Crippen LogP contribution in [0.1, 0.15) is 37.3 Å². The van der Waals surface area contributed by atoms with Crippen molar-refractivity contribution in [1.82, 2.24) is 25.2 Å². The Morgan fingerprint density at radius 2 is 2.32 bits per heavy atom. The van der Waals surface area contributed by atoms with Gasteiger partial charge in [0, 0.05) is 31.2 Å². The average Bonchev–Trinajstić information content (AvgIpc) is 3.19. The number of nitrogens with zero attached hydrogens (tertiary/aromatic N) is 4. The highest BCUT2D eigenvalue weighted by molar-refractivity contribution is 5.76. The van der Waals surface area contributed by atoms with Gasteiger partial charge in [-0.05, 0) is 32.7 Å². The number of likely N-dealkylation sites (tertiary alicyclic amines) is 1. The molecule has 0 bridgehead atoms. The highest BCUT2D eigenvalue weighted by Gasteiger charge is 2.27. The van der Waals surface area contributed by atoms with Gasteiger partial charge < -0.3 is 10.2 Å². The van der Waals surface area contributed by atoms with Crippen LogP contribution in [-0.2, 0) is 11.3 Å². The van der Waals surface area contributed by atoms with E-state index in [1.165, 1.54) is 12.8 Å². The number of hydrogen-bond acceptors (Lipinski definition) is 4. The van der Waals surface area contributed by atoms with Crippen LogP contribution >= 0.6 is 0 Å². The summed E-state index contributed by atoms with van der Waals surface area (Å²) >= 11 is 0. The van der Waals surface area contributed by atoms with Gasteiger partial charge in [-0.1, -0.05) is 5.21 Å². The Hall–Kier alpha value is -1.43. The predicted octanol–water partition coefficient (Wildman–Crippen LogP) is 0.366. The lowest BCUT2D eigenvalue weighted by molar-refractivity contribution is -0.133. The molecule has 0 radical (unpaired) electrons. The van der Waals surface area contributed by atoms with Crippen molar-refractivity contribution in [2.24, 2.45) is 0 Å². The summed E-state index contributed by atoms with van der Waals surface area (Å²) in [6.07, 6.45) is 6.57. The highest BCUT2D eigenvalue weighted by atomic mass is 16.2. The molecule has 1 unspecified atom stereocenters. The van der Waals surface area contributed by atoms with E-state index in [9.17, 15) is 4.79 Å². The summed E-state index contributed by atoms with van der Waals surface area (Å²) in [5, 5.41) is 11.4. The Kier molecular flexibility index (Phi) is 3.50. The average molecular weight is 263 g/mol. The molecule has 2 heterocycles. The SMILES string of the molecule is CNC1CCCN(C(=O)Cn2cc(C3CC3)nn2)C1. The Balaban J connectivity index is 1.57. The van der Waals surface area contributed by atoms with Crippen molar-refractivity contribution >= 4 is 5.91 Å². The minimum absolute atomic E-state index is 0.146. The molecule has 1 aliphatic carbocycles. The van der Waals surface area contributed by atoms with Crippen LogP contribution in [0, 0.1) is 0 Å². The fourth-order valence-corrected chi connectivity index (χ4v) is 2.63. The molecule has 19 heavy (non-hydrogen) atoms. The summed E-state index contributed by atoms with van der Waals surface area (Å²) in [5.74, 6) is 0.736. The van der Waals surface area contributed by atoms with Crippen molar-refractivity contribution in [3.8, 4) is 0 Å². The number of aromatic nitrogens is 3. The lowest BCUT2D eigenvalue weighted by atomic mass is 10.1. The minimum atomic E-state index is 0.146. The molecular formula is C13H21N5O. The van der Waals surface area contributed by atoms with Gasteiger partial charge in [-0.15, -0.1) is 5.10 Å². The monoisotopic (exact) mass is 263 g/mol. The van der Waals surface area contributed by atoms with Crippen LogP contribution in [0.25, 0.3) is 0 Å². The van der Waals surface area contributed by atoms with E-state index >= 15 is 0 Å². The fraction of sp³-hybridized carbons (Fsp3) is 0.769. The maximum absolute atomic E-state index is 12.2. The van der Waals surface area contributed by atoms with E-state index < -0.39 is 0 Å². The van der Waals surface area contributed by atoms with Crippen LogP contribution in [0.4, 0.5) is 0 Å². The first-order valence-electron chi connectivity index (χ1n) is 7.11. The topological polar surface area (TPSA) is 63.1 Å². The van der Waals surface area contributed by atoms with Gasteiger partial charge in [0.1, 0.15) is 6.54 Å². The number of hydrogen-bond donors (Lipinski definition) is 1. The first kappa shape index (κ1) is 12.6. The Morgan fingerprint density at radius 1 is 1.47 bits per heavy atom. The molecule has 1 saturated carbocycles. The van der Waals surface area contributed by atoms with Crippen LogP contribution in [0.3, 0.4) is 0 Å². The number of carbonyl (C=O) groups excluding carboxylic acids is 1. The van der Waals surface area contributed by atoms with Gasteiger partial charge in [0.2, 0.25) is 5.91 Å². The first-order chi connectivity index (χ1) is 9.26. The summed E-state index contributed by atoms with van der Waals surface area (Å²) in [6, 6.07) is 0.426. The fourth-order valence-electron chi connectivity index (χ4n) is 2.63. The third-order valence-electron chi connectivity index (χ3n) is 4.03. The molecule has 0 aromatic carbocycles. The summed E-state index contributed by atoms with van der Waals surface area (Å²) in [7, 11) is 1.96. The van der Waals surface area contributed by atoms with Gasteiger partial charge in [-0.2, -0.15) is 0 Å². The second-order valence-corrected chi connectivity index (χ2v) is 5.58. The molecule has 2 fully saturated rings. The normalized spacial score (nSPS) is 23.6. The largest absolute Gasteiger partial charge is 0.340 e. The van der Waals surface area contributed by atoms with Crippen LogP contribution in [0.5, 0.6) is 0 Å². The van der Waals surface area contributed by atoms with Gasteiger partial charge >= 0.3 is 0 Å². The van der Waals surface area contributed by atoms with Crippen LogP contribution in [0.15, 0.2) is 6.20 Å². The smallest absolute Gasteiger partial charge is 0.244 e. The maximum Gasteiger partial charge on any atom is 0.244 e. The molecule has 1 amide bonds. The molecule has 2 aliphatic rings. The maximum atomic E-state index is 12.2. The van der Waals surface area contributed by atoms with E-state index in [-0.39, 0.29) is 5.91 Å². The van der Waals surface area contributed by atoms with Crippen molar-refractivity contribution in [2.75, 3.05) is 20.1 Å². The van der Waals surface area contributed by atoms with E-state index in [1.54, 1.807) is 4.68 Å². The molecule has 1 aromatic rings. The highest BCUT2D eigenvalue weighted by Crippen LogP contribution is 2.38. The third kappa shape index (κ3) is 2.94. The number of rotatable bonds is 4. The molecule has 104 valence electrons. The number of nitrogens with one attached hydrogen (secondary N) is 1. The van der Waals surface area contributed by atoms with E-state index in [0.717, 1.165) is 31.6 Å². The molecule has 6 heteroatoms. The molecule has 1 atom stereocenters. The number of amides is 1. The summed E-state index contributed by atoms with van der Waals surface area (Å²) in [5.41, 5.74) is 1.04. The van der Waals surface area contributed by atoms with Crippen molar-refractivity contribution < 1.29 is 4.79 Å². The zero-order valence-corrected chi connectivity index (χ0v) is 11.4. The summed E-state index contributed by atoms with van der Waals surface area (Å²) < 4.78 is 1.68. The molecule has 1 saturated heterocycles. The number of piperidine rings is 1. The molecule has 1 aliphatic heterocycles. The van der Waals surface area contributed by atoms with Crippen molar-refractivity contribution in [1.29, 1.82) is 0 Å². The van der Waals surface area contributed by atoms with Crippen molar-refractivity contribution in [2.45, 2.75) is 44.2 Å². The Labute approximate surface area is 113 Å². The second kappa shape index (κ2) is 5.28. The van der Waals surface area contributed by atoms with Crippen LogP contribution in [-0.4, -0.2) is 52.0 Å². The molecule has 1 N–H and O–H groups in total. The van der Waals surface area contributed by atoms with Crippen LogP contribution < -0.4 is 5.32 Å². The van der Waals surface area contributed by atoms with Crippen LogP contribution in [0.2, 0.25) is 0 Å². The number of carbonyl (C=O) groups is 1. The quantitative estimate of drug-likeness (QED) is 0.852. The standard InChI is InChI=1S/C13H21N5O/c1-14-11-3-2-6-17(7-11)13(19)9-18-8-12(15-16-18)10-4-5-10/h8,10-11,14H,2-7,9H2,1H3. The lowest BCUT2D eigenvalue weighted by Gasteiger charge is -2.32. The van der Waals surface area contributed by atoms with Crippen molar-refractivity contribution in [3.63, 3.8) is 0 Å². The zero-order valence-electron chi connectivity index (χ0n) is 11.4. The van der Waals surface area contributed by atoms with E-state index in [1.807, 2.05) is 18.1 Å². The molecule has 1 aromatic heterocycles. The van der Waals surface area contributed by atoms with E-state index in [2.05, 4.69) is 15.6 Å². The summed E-state index contributed by atoms with van der Waals surface area (Å²) in [6.45, 7) is 1.98. The Bertz CT molecular complexity index is 454. The minimum Gasteiger partial charge on any atom is -0.340 e. The third-order valence-corrected chi connectivity index (χ3v) is 4.03. The van der Waals surface area contributed by atoms with Gasteiger partial charge in [-0.3, -0.25) is 4.79 Å².